The second-order valence-electron chi connectivity index (χ2n) is 8.68. The van der Waals surface area contributed by atoms with Crippen molar-refractivity contribution < 1.29 is 0 Å². The van der Waals surface area contributed by atoms with Gasteiger partial charge in [-0.2, -0.15) is 5.10 Å². The van der Waals surface area contributed by atoms with Gasteiger partial charge in [0, 0.05) is 5.92 Å². The van der Waals surface area contributed by atoms with E-state index in [1.807, 2.05) is 6.33 Å². The van der Waals surface area contributed by atoms with E-state index in [1.165, 1.54) is 36.0 Å². The molecule has 1 saturated carbocycles. The Bertz CT molecular complexity index is 1030. The van der Waals surface area contributed by atoms with E-state index in [1.54, 1.807) is 0 Å². The van der Waals surface area contributed by atoms with Crippen LogP contribution >= 0.6 is 0 Å². The summed E-state index contributed by atoms with van der Waals surface area (Å²) in [4.78, 5) is 4.86. The third-order valence-corrected chi connectivity index (χ3v) is 7.34. The van der Waals surface area contributed by atoms with Crippen molar-refractivity contribution >= 4 is 0 Å². The highest BCUT2D eigenvalue weighted by molar-refractivity contribution is 5.50. The first-order valence-corrected chi connectivity index (χ1v) is 11.3. The number of benzene rings is 3. The molecule has 0 saturated heterocycles. The summed E-state index contributed by atoms with van der Waals surface area (Å²) >= 11 is 0. The molecule has 3 nitrogen and oxygen atoms in total. The van der Waals surface area contributed by atoms with E-state index in [9.17, 15) is 0 Å². The van der Waals surface area contributed by atoms with Gasteiger partial charge in [-0.15, -0.1) is 0 Å². The van der Waals surface area contributed by atoms with Crippen LogP contribution in [0.2, 0.25) is 0 Å². The van der Waals surface area contributed by atoms with Gasteiger partial charge in [-0.3, -0.25) is 0 Å². The molecule has 0 spiro atoms. The summed E-state index contributed by atoms with van der Waals surface area (Å²) in [6.07, 6.45) is 5.50. The molecule has 3 aromatic carbocycles. The van der Waals surface area contributed by atoms with Gasteiger partial charge < -0.3 is 0 Å². The van der Waals surface area contributed by atoms with Crippen LogP contribution in [0.3, 0.4) is 0 Å². The Morgan fingerprint density at radius 3 is 1.61 bits per heavy atom. The fraction of sp³-hybridized carbons (Fsp3) is 0.286. The van der Waals surface area contributed by atoms with Gasteiger partial charge in [-0.05, 0) is 41.4 Å². The first-order chi connectivity index (χ1) is 15.2. The molecule has 1 aliphatic carbocycles. The highest BCUT2D eigenvalue weighted by Gasteiger charge is 2.54. The highest BCUT2D eigenvalue weighted by atomic mass is 15.4. The number of nitrogens with zero attached hydrogens (tertiary/aromatic N) is 3. The second-order valence-corrected chi connectivity index (χ2v) is 8.68. The normalized spacial score (nSPS) is 17.4. The van der Waals surface area contributed by atoms with Crippen molar-refractivity contribution in [3.63, 3.8) is 0 Å². The Hall–Kier alpha value is -3.20. The van der Waals surface area contributed by atoms with Gasteiger partial charge in [-0.25, -0.2) is 9.67 Å². The third-order valence-electron chi connectivity index (χ3n) is 7.34. The van der Waals surface area contributed by atoms with Crippen LogP contribution in [0.4, 0.5) is 0 Å². The van der Waals surface area contributed by atoms with Gasteiger partial charge >= 0.3 is 0 Å². The summed E-state index contributed by atoms with van der Waals surface area (Å²) in [6, 6.07) is 32.0. The van der Waals surface area contributed by atoms with Crippen LogP contribution in [0.25, 0.3) is 0 Å². The standard InChI is InChI=1S/C28H29N3/c1-3-27(4-2)20-25(27)26-29-21-31(30-26)28(22-14-8-5-9-15-22,23-16-10-6-11-17-23)24-18-12-7-13-19-24/h5-19,21,25H,3-4,20H2,1-2H3. The van der Waals surface area contributed by atoms with E-state index in [0.717, 1.165) is 5.82 Å². The SMILES string of the molecule is CCC1(CC)CC1c1ncn(C(c2ccccc2)(c2ccccc2)c2ccccc2)n1. The lowest BCUT2D eigenvalue weighted by Gasteiger charge is -2.35. The van der Waals surface area contributed by atoms with Gasteiger partial charge in [0.15, 0.2) is 5.82 Å². The molecule has 1 fully saturated rings. The first-order valence-electron chi connectivity index (χ1n) is 11.3. The van der Waals surface area contributed by atoms with E-state index >= 15 is 0 Å². The van der Waals surface area contributed by atoms with E-state index in [-0.39, 0.29) is 0 Å². The van der Waals surface area contributed by atoms with Gasteiger partial charge in [-0.1, -0.05) is 105 Å². The molecule has 1 aliphatic rings. The van der Waals surface area contributed by atoms with Crippen LogP contribution in [-0.4, -0.2) is 14.8 Å². The molecule has 4 aromatic rings. The zero-order chi connectivity index (χ0) is 21.3. The highest BCUT2D eigenvalue weighted by Crippen LogP contribution is 2.62. The Labute approximate surface area is 184 Å². The molecular formula is C28H29N3. The molecule has 0 amide bonds. The van der Waals surface area contributed by atoms with Gasteiger partial charge in [0.05, 0.1) is 0 Å². The van der Waals surface area contributed by atoms with Crippen molar-refractivity contribution in [2.75, 3.05) is 0 Å². The van der Waals surface area contributed by atoms with Gasteiger partial charge in [0.2, 0.25) is 0 Å². The summed E-state index contributed by atoms with van der Waals surface area (Å²) in [7, 11) is 0. The molecule has 0 bridgehead atoms. The lowest BCUT2D eigenvalue weighted by atomic mass is 9.77. The summed E-state index contributed by atoms with van der Waals surface area (Å²) in [5, 5.41) is 5.17. The quantitative estimate of drug-likeness (QED) is 0.331. The number of rotatable bonds is 7. The molecule has 0 aliphatic heterocycles. The van der Waals surface area contributed by atoms with Crippen molar-refractivity contribution in [3.05, 3.63) is 120 Å². The third kappa shape index (κ3) is 3.11. The first kappa shape index (κ1) is 19.7. The van der Waals surface area contributed by atoms with E-state index in [0.29, 0.717) is 11.3 Å². The molecule has 31 heavy (non-hydrogen) atoms. The summed E-state index contributed by atoms with van der Waals surface area (Å²) < 4.78 is 2.09. The minimum Gasteiger partial charge on any atom is -0.233 e. The Morgan fingerprint density at radius 2 is 1.23 bits per heavy atom. The maximum absolute atomic E-state index is 5.17. The van der Waals surface area contributed by atoms with Crippen LogP contribution in [0.5, 0.6) is 0 Å². The van der Waals surface area contributed by atoms with Crippen molar-refractivity contribution in [1.82, 2.24) is 14.8 Å². The average molecular weight is 408 g/mol. The summed E-state index contributed by atoms with van der Waals surface area (Å²) in [5.74, 6) is 1.44. The van der Waals surface area contributed by atoms with Gasteiger partial charge in [0.1, 0.15) is 11.9 Å². The zero-order valence-electron chi connectivity index (χ0n) is 18.3. The van der Waals surface area contributed by atoms with E-state index < -0.39 is 5.54 Å². The molecule has 1 aromatic heterocycles. The average Bonchev–Trinajstić information content (AvgIpc) is 3.39. The molecule has 1 atom stereocenters. The minimum absolute atomic E-state index is 0.376. The van der Waals surface area contributed by atoms with Crippen LogP contribution in [0.15, 0.2) is 97.3 Å². The van der Waals surface area contributed by atoms with Crippen molar-refractivity contribution in [3.8, 4) is 0 Å². The minimum atomic E-state index is -0.578. The number of aromatic nitrogens is 3. The molecule has 0 N–H and O–H groups in total. The molecule has 156 valence electrons. The van der Waals surface area contributed by atoms with Crippen LogP contribution in [-0.2, 0) is 5.54 Å². The van der Waals surface area contributed by atoms with Crippen LogP contribution in [0, 0.1) is 5.41 Å². The summed E-state index contributed by atoms with van der Waals surface area (Å²) in [6.45, 7) is 4.59. The topological polar surface area (TPSA) is 30.7 Å². The maximum Gasteiger partial charge on any atom is 0.154 e. The summed E-state index contributed by atoms with van der Waals surface area (Å²) in [5.41, 5.74) is 3.33. The predicted molar refractivity (Wildman–Crippen MR) is 125 cm³/mol. The van der Waals surface area contributed by atoms with Crippen molar-refractivity contribution in [1.29, 1.82) is 0 Å². The van der Waals surface area contributed by atoms with E-state index in [4.69, 9.17) is 10.1 Å². The molecule has 5 rings (SSSR count). The largest absolute Gasteiger partial charge is 0.233 e. The Balaban J connectivity index is 1.74. The van der Waals surface area contributed by atoms with Crippen LogP contribution in [0.1, 0.15) is 61.5 Å². The van der Waals surface area contributed by atoms with Gasteiger partial charge in [0.25, 0.3) is 0 Å². The predicted octanol–water partition coefficient (Wildman–Crippen LogP) is 6.41. The molecule has 0 radical (unpaired) electrons. The molecule has 3 heteroatoms. The zero-order valence-corrected chi connectivity index (χ0v) is 18.3. The fourth-order valence-corrected chi connectivity index (χ4v) is 5.28. The Kier molecular flexibility index (Phi) is 4.97. The maximum atomic E-state index is 5.17. The Morgan fingerprint density at radius 1 is 0.774 bits per heavy atom. The smallest absolute Gasteiger partial charge is 0.154 e. The lowest BCUT2D eigenvalue weighted by Crippen LogP contribution is -2.38. The monoisotopic (exact) mass is 407 g/mol. The fourth-order valence-electron chi connectivity index (χ4n) is 5.28. The van der Waals surface area contributed by atoms with Crippen molar-refractivity contribution in [2.45, 2.75) is 44.6 Å². The second kappa shape index (κ2) is 7.81. The number of hydrogen-bond acceptors (Lipinski definition) is 2. The molecule has 1 heterocycles. The van der Waals surface area contributed by atoms with Crippen LogP contribution < -0.4 is 0 Å². The number of hydrogen-bond donors (Lipinski definition) is 0. The van der Waals surface area contributed by atoms with Crippen molar-refractivity contribution in [2.24, 2.45) is 5.41 Å². The molecular weight excluding hydrogens is 378 g/mol. The lowest BCUT2D eigenvalue weighted by molar-refractivity contribution is 0.435. The molecule has 1 unspecified atom stereocenters. The van der Waals surface area contributed by atoms with E-state index in [2.05, 4.69) is 110 Å².